The summed E-state index contributed by atoms with van der Waals surface area (Å²) in [6.07, 6.45) is 2.11. The Morgan fingerprint density at radius 3 is 2.42 bits per heavy atom. The number of carboxylic acids is 1. The van der Waals surface area contributed by atoms with Crippen LogP contribution in [-0.2, 0) is 9.53 Å². The zero-order chi connectivity index (χ0) is 14.5. The molecule has 1 aliphatic heterocycles. The smallest absolute Gasteiger partial charge is 0.334 e. The van der Waals surface area contributed by atoms with E-state index in [1.165, 1.54) is 7.11 Å². The van der Waals surface area contributed by atoms with Crippen LogP contribution in [-0.4, -0.2) is 54.9 Å². The first-order valence-corrected chi connectivity index (χ1v) is 6.70. The zero-order valence-corrected chi connectivity index (χ0v) is 11.9. The summed E-state index contributed by atoms with van der Waals surface area (Å²) in [5.74, 6) is -1.07. The van der Waals surface area contributed by atoms with E-state index >= 15 is 0 Å². The molecule has 0 aromatic heterocycles. The van der Waals surface area contributed by atoms with Gasteiger partial charge in [0.05, 0.1) is 6.54 Å². The number of likely N-dealkylation sites (tertiary alicyclic amines) is 1. The molecule has 0 aromatic carbocycles. The zero-order valence-electron chi connectivity index (χ0n) is 11.9. The highest BCUT2D eigenvalue weighted by atomic mass is 16.5. The number of hydrogen-bond donors (Lipinski definition) is 2. The lowest BCUT2D eigenvalue weighted by Gasteiger charge is -2.38. The van der Waals surface area contributed by atoms with E-state index in [0.29, 0.717) is 5.41 Å². The molecule has 1 fully saturated rings. The van der Waals surface area contributed by atoms with Gasteiger partial charge in [-0.25, -0.2) is 9.59 Å². The number of urea groups is 1. The number of nitrogens with one attached hydrogen (secondary N) is 1. The van der Waals surface area contributed by atoms with Gasteiger partial charge in [0.15, 0.2) is 6.10 Å². The number of carbonyl (C=O) groups is 2. The van der Waals surface area contributed by atoms with Gasteiger partial charge < -0.3 is 20.1 Å². The van der Waals surface area contributed by atoms with Crippen LogP contribution in [0.1, 0.15) is 33.1 Å². The Balaban J connectivity index is 2.37. The maximum atomic E-state index is 11.9. The molecule has 1 rings (SSSR count). The van der Waals surface area contributed by atoms with Crippen molar-refractivity contribution in [2.24, 2.45) is 5.41 Å². The molecule has 0 aliphatic carbocycles. The molecule has 0 bridgehead atoms. The predicted molar refractivity (Wildman–Crippen MR) is 71.0 cm³/mol. The monoisotopic (exact) mass is 272 g/mol. The van der Waals surface area contributed by atoms with Gasteiger partial charge in [0.25, 0.3) is 0 Å². The summed E-state index contributed by atoms with van der Waals surface area (Å²) in [7, 11) is 1.32. The standard InChI is InChI=1S/C13H24N2O4/c1-4-13(2)5-7-15(8-6-13)12(18)14-9-10(19-3)11(16)17/h10H,4-9H2,1-3H3,(H,14,18)(H,16,17). The minimum Gasteiger partial charge on any atom is -0.479 e. The van der Waals surface area contributed by atoms with Gasteiger partial charge in [0.2, 0.25) is 0 Å². The lowest BCUT2D eigenvalue weighted by molar-refractivity contribution is -0.148. The fourth-order valence-corrected chi connectivity index (χ4v) is 2.17. The summed E-state index contributed by atoms with van der Waals surface area (Å²) < 4.78 is 4.77. The average Bonchev–Trinajstić information content (AvgIpc) is 2.39. The number of aliphatic carboxylic acids is 1. The van der Waals surface area contributed by atoms with Crippen LogP contribution in [0.25, 0.3) is 0 Å². The van der Waals surface area contributed by atoms with Crippen molar-refractivity contribution < 1.29 is 19.4 Å². The van der Waals surface area contributed by atoms with Crippen molar-refractivity contribution in [2.45, 2.75) is 39.2 Å². The second kappa shape index (κ2) is 6.75. The Hall–Kier alpha value is -1.30. The molecule has 19 heavy (non-hydrogen) atoms. The van der Waals surface area contributed by atoms with E-state index in [-0.39, 0.29) is 12.6 Å². The normalized spacial score (nSPS) is 19.8. The Morgan fingerprint density at radius 2 is 2.00 bits per heavy atom. The van der Waals surface area contributed by atoms with E-state index in [2.05, 4.69) is 19.2 Å². The van der Waals surface area contributed by atoms with Crippen LogP contribution < -0.4 is 5.32 Å². The van der Waals surface area contributed by atoms with Crippen molar-refractivity contribution in [3.63, 3.8) is 0 Å². The van der Waals surface area contributed by atoms with Crippen molar-refractivity contribution in [3.05, 3.63) is 0 Å². The first kappa shape index (κ1) is 15.8. The third-order valence-corrected chi connectivity index (χ3v) is 4.11. The maximum absolute atomic E-state index is 11.9. The topological polar surface area (TPSA) is 78.9 Å². The van der Waals surface area contributed by atoms with Gasteiger partial charge in [-0.15, -0.1) is 0 Å². The Morgan fingerprint density at radius 1 is 1.42 bits per heavy atom. The van der Waals surface area contributed by atoms with E-state index in [0.717, 1.165) is 32.4 Å². The number of rotatable bonds is 5. The molecule has 1 atom stereocenters. The highest BCUT2D eigenvalue weighted by Crippen LogP contribution is 2.33. The number of piperidine rings is 1. The van der Waals surface area contributed by atoms with Gasteiger partial charge in [-0.05, 0) is 18.3 Å². The van der Waals surface area contributed by atoms with Gasteiger partial charge in [0, 0.05) is 20.2 Å². The fourth-order valence-electron chi connectivity index (χ4n) is 2.17. The number of carbonyl (C=O) groups excluding carboxylic acids is 1. The number of hydrogen-bond acceptors (Lipinski definition) is 3. The number of nitrogens with zero attached hydrogens (tertiary/aromatic N) is 1. The molecule has 110 valence electrons. The third kappa shape index (κ3) is 4.38. The van der Waals surface area contributed by atoms with E-state index in [1.807, 2.05) is 0 Å². The van der Waals surface area contributed by atoms with E-state index in [9.17, 15) is 9.59 Å². The molecular weight excluding hydrogens is 248 g/mol. The second-order valence-electron chi connectivity index (χ2n) is 5.40. The van der Waals surface area contributed by atoms with Crippen LogP contribution in [0, 0.1) is 5.41 Å². The Labute approximate surface area is 114 Å². The molecule has 0 saturated carbocycles. The molecule has 1 saturated heterocycles. The van der Waals surface area contributed by atoms with Crippen LogP contribution in [0.4, 0.5) is 4.79 Å². The molecule has 0 spiro atoms. The molecule has 2 amide bonds. The fraction of sp³-hybridized carbons (Fsp3) is 0.846. The van der Waals surface area contributed by atoms with E-state index in [1.54, 1.807) is 4.90 Å². The highest BCUT2D eigenvalue weighted by molar-refractivity contribution is 5.77. The van der Waals surface area contributed by atoms with Crippen molar-refractivity contribution in [1.82, 2.24) is 10.2 Å². The van der Waals surface area contributed by atoms with E-state index in [4.69, 9.17) is 9.84 Å². The molecule has 0 aromatic rings. The maximum Gasteiger partial charge on any atom is 0.334 e. The largest absolute Gasteiger partial charge is 0.479 e. The van der Waals surface area contributed by atoms with Gasteiger partial charge in [-0.3, -0.25) is 0 Å². The number of methoxy groups -OCH3 is 1. The molecule has 1 heterocycles. The quantitative estimate of drug-likeness (QED) is 0.791. The summed E-state index contributed by atoms with van der Waals surface area (Å²) in [6, 6.07) is -0.207. The number of carboxylic acid groups (broad SMARTS) is 1. The molecule has 2 N–H and O–H groups in total. The number of ether oxygens (including phenoxy) is 1. The Bertz CT molecular complexity index is 325. The van der Waals surface area contributed by atoms with Gasteiger partial charge >= 0.3 is 12.0 Å². The van der Waals surface area contributed by atoms with Gasteiger partial charge in [-0.2, -0.15) is 0 Å². The lowest BCUT2D eigenvalue weighted by atomic mass is 9.78. The van der Waals surface area contributed by atoms with Crippen molar-refractivity contribution >= 4 is 12.0 Å². The lowest BCUT2D eigenvalue weighted by Crippen LogP contribution is -2.49. The minimum atomic E-state index is -1.07. The molecule has 1 unspecified atom stereocenters. The summed E-state index contributed by atoms with van der Waals surface area (Å²) in [5.41, 5.74) is 0.326. The first-order chi connectivity index (χ1) is 8.91. The van der Waals surface area contributed by atoms with Crippen LogP contribution in [0.3, 0.4) is 0 Å². The van der Waals surface area contributed by atoms with Crippen LogP contribution in [0.15, 0.2) is 0 Å². The molecule has 6 heteroatoms. The Kier molecular flexibility index (Phi) is 5.60. The van der Waals surface area contributed by atoms with Crippen molar-refractivity contribution in [3.8, 4) is 0 Å². The number of amides is 2. The summed E-state index contributed by atoms with van der Waals surface area (Å²) in [6.45, 7) is 5.85. The summed E-state index contributed by atoms with van der Waals surface area (Å²) in [4.78, 5) is 24.4. The highest BCUT2D eigenvalue weighted by Gasteiger charge is 2.30. The van der Waals surface area contributed by atoms with Crippen molar-refractivity contribution in [2.75, 3.05) is 26.7 Å². The van der Waals surface area contributed by atoms with Gasteiger partial charge in [0.1, 0.15) is 0 Å². The molecule has 6 nitrogen and oxygen atoms in total. The molecular formula is C13H24N2O4. The third-order valence-electron chi connectivity index (χ3n) is 4.11. The first-order valence-electron chi connectivity index (χ1n) is 6.70. The second-order valence-corrected chi connectivity index (χ2v) is 5.40. The average molecular weight is 272 g/mol. The SMILES string of the molecule is CCC1(C)CCN(C(=O)NCC(OC)C(=O)O)CC1. The molecule has 0 radical (unpaired) electrons. The van der Waals surface area contributed by atoms with Crippen molar-refractivity contribution in [1.29, 1.82) is 0 Å². The summed E-state index contributed by atoms with van der Waals surface area (Å²) >= 11 is 0. The predicted octanol–water partition coefficient (Wildman–Crippen LogP) is 1.31. The minimum absolute atomic E-state index is 0.00773. The van der Waals surface area contributed by atoms with Crippen LogP contribution >= 0.6 is 0 Å². The molecule has 1 aliphatic rings. The summed E-state index contributed by atoms with van der Waals surface area (Å²) in [5, 5.41) is 11.4. The van der Waals surface area contributed by atoms with E-state index < -0.39 is 12.1 Å². The van der Waals surface area contributed by atoms with Crippen LogP contribution in [0.5, 0.6) is 0 Å². The van der Waals surface area contributed by atoms with Gasteiger partial charge in [-0.1, -0.05) is 20.3 Å². The van der Waals surface area contributed by atoms with Crippen LogP contribution in [0.2, 0.25) is 0 Å².